The second kappa shape index (κ2) is 5.84. The van der Waals surface area contributed by atoms with Crippen LogP contribution in [-0.2, 0) is 0 Å². The molecule has 1 aliphatic rings. The van der Waals surface area contributed by atoms with Crippen LogP contribution >= 0.6 is 0 Å². The lowest BCUT2D eigenvalue weighted by Crippen LogP contribution is -2.21. The lowest BCUT2D eigenvalue weighted by atomic mass is 10.2. The molecule has 0 spiro atoms. The second-order valence-corrected chi connectivity index (χ2v) is 6.20. The van der Waals surface area contributed by atoms with Crippen molar-refractivity contribution < 1.29 is 14.3 Å². The molecule has 1 atom stereocenters. The van der Waals surface area contributed by atoms with Crippen molar-refractivity contribution in [3.05, 3.63) is 47.8 Å². The third-order valence-electron chi connectivity index (χ3n) is 4.48. The first-order chi connectivity index (χ1) is 12.0. The molecule has 1 N–H and O–H groups in total. The predicted octanol–water partition coefficient (Wildman–Crippen LogP) is 2.98. The van der Waals surface area contributed by atoms with E-state index in [0.29, 0.717) is 24.3 Å². The Balaban J connectivity index is 1.99. The fraction of sp³-hybridized carbons (Fsp3) is 0.278. The summed E-state index contributed by atoms with van der Waals surface area (Å²) in [5, 5.41) is 14.8. The number of aromatic carboxylic acids is 1. The van der Waals surface area contributed by atoms with Gasteiger partial charge in [-0.3, -0.25) is 0 Å². The Morgan fingerprint density at radius 1 is 1.32 bits per heavy atom. The molecule has 0 unspecified atom stereocenters. The topological polar surface area (TPSA) is 71.2 Å². The number of fused-ring (bicyclic) bond motifs is 1. The van der Waals surface area contributed by atoms with E-state index in [1.54, 1.807) is 4.68 Å². The maximum absolute atomic E-state index is 13.7. The van der Waals surface area contributed by atoms with Gasteiger partial charge in [-0.25, -0.2) is 18.9 Å². The lowest BCUT2D eigenvalue weighted by molar-refractivity contribution is 0.0691. The smallest absolute Gasteiger partial charge is 0.354 e. The molecule has 0 bridgehead atoms. The molecule has 1 aliphatic heterocycles. The van der Waals surface area contributed by atoms with Crippen molar-refractivity contribution in [1.82, 2.24) is 14.8 Å². The number of hydrogen-bond donors (Lipinski definition) is 1. The van der Waals surface area contributed by atoms with Crippen molar-refractivity contribution in [1.29, 1.82) is 0 Å². The summed E-state index contributed by atoms with van der Waals surface area (Å²) in [4.78, 5) is 17.7. The molecule has 25 heavy (non-hydrogen) atoms. The van der Waals surface area contributed by atoms with E-state index >= 15 is 0 Å². The van der Waals surface area contributed by atoms with E-state index in [1.807, 2.05) is 42.2 Å². The van der Waals surface area contributed by atoms with Crippen LogP contribution in [0.4, 0.5) is 10.1 Å². The standard InChI is InChI=1S/C18H17FN4O2/c1-11-16-15(22-8-7-12(19)10-22)9-14(18(24)25)20-17(16)23(21-11)13-5-3-2-4-6-13/h2-6,9,12H,7-8,10H2,1H3,(H,24,25)/t12-/m1/s1. The summed E-state index contributed by atoms with van der Waals surface area (Å²) in [5.41, 5.74) is 2.62. The molecular weight excluding hydrogens is 323 g/mol. The highest BCUT2D eigenvalue weighted by molar-refractivity contribution is 5.98. The fourth-order valence-electron chi connectivity index (χ4n) is 3.31. The normalized spacial score (nSPS) is 17.4. The van der Waals surface area contributed by atoms with E-state index in [0.717, 1.165) is 16.8 Å². The number of aromatic nitrogens is 3. The average Bonchev–Trinajstić information content (AvgIpc) is 3.19. The largest absolute Gasteiger partial charge is 0.477 e. The first-order valence-electron chi connectivity index (χ1n) is 8.12. The molecule has 6 nitrogen and oxygen atoms in total. The van der Waals surface area contributed by atoms with Gasteiger partial charge in [-0.05, 0) is 31.5 Å². The van der Waals surface area contributed by atoms with Gasteiger partial charge in [0.15, 0.2) is 11.3 Å². The number of benzene rings is 1. The Kier molecular flexibility index (Phi) is 3.63. The Labute approximate surface area is 143 Å². The maximum Gasteiger partial charge on any atom is 0.354 e. The summed E-state index contributed by atoms with van der Waals surface area (Å²) in [7, 11) is 0. The van der Waals surface area contributed by atoms with Gasteiger partial charge >= 0.3 is 5.97 Å². The number of carboxylic acid groups (broad SMARTS) is 1. The highest BCUT2D eigenvalue weighted by Gasteiger charge is 2.27. The third-order valence-corrected chi connectivity index (χ3v) is 4.48. The summed E-state index contributed by atoms with van der Waals surface area (Å²) in [6.45, 7) is 2.67. The summed E-state index contributed by atoms with van der Waals surface area (Å²) >= 11 is 0. The molecule has 0 saturated carbocycles. The number of aryl methyl sites for hydroxylation is 1. The maximum atomic E-state index is 13.7. The Hall–Kier alpha value is -2.96. The van der Waals surface area contributed by atoms with Crippen molar-refractivity contribution in [2.45, 2.75) is 19.5 Å². The van der Waals surface area contributed by atoms with E-state index in [-0.39, 0.29) is 12.2 Å². The van der Waals surface area contributed by atoms with Crippen molar-refractivity contribution in [2.24, 2.45) is 0 Å². The molecule has 0 amide bonds. The van der Waals surface area contributed by atoms with E-state index < -0.39 is 12.1 Å². The number of pyridine rings is 1. The van der Waals surface area contributed by atoms with Gasteiger partial charge in [0.1, 0.15) is 6.17 Å². The van der Waals surface area contributed by atoms with E-state index in [2.05, 4.69) is 10.1 Å². The number of alkyl halides is 1. The number of carbonyl (C=O) groups is 1. The van der Waals surface area contributed by atoms with Crippen LogP contribution in [0.5, 0.6) is 0 Å². The van der Waals surface area contributed by atoms with Gasteiger partial charge in [0.2, 0.25) is 0 Å². The highest BCUT2D eigenvalue weighted by atomic mass is 19.1. The molecule has 1 saturated heterocycles. The van der Waals surface area contributed by atoms with Crippen LogP contribution in [-0.4, -0.2) is 45.1 Å². The van der Waals surface area contributed by atoms with Crippen LogP contribution in [0.3, 0.4) is 0 Å². The fourth-order valence-corrected chi connectivity index (χ4v) is 3.31. The van der Waals surface area contributed by atoms with Crippen molar-refractivity contribution >= 4 is 22.7 Å². The third kappa shape index (κ3) is 2.61. The zero-order valence-electron chi connectivity index (χ0n) is 13.7. The van der Waals surface area contributed by atoms with Crippen LogP contribution in [0, 0.1) is 6.92 Å². The van der Waals surface area contributed by atoms with Gasteiger partial charge in [-0.2, -0.15) is 5.10 Å². The predicted molar refractivity (Wildman–Crippen MR) is 92.3 cm³/mol. The molecule has 7 heteroatoms. The Morgan fingerprint density at radius 2 is 2.08 bits per heavy atom. The zero-order valence-corrected chi connectivity index (χ0v) is 13.7. The lowest BCUT2D eigenvalue weighted by Gasteiger charge is -2.19. The summed E-state index contributed by atoms with van der Waals surface area (Å²) in [5.74, 6) is -1.11. The van der Waals surface area contributed by atoms with Crippen LogP contribution in [0.15, 0.2) is 36.4 Å². The molecule has 1 aromatic carbocycles. The number of anilines is 1. The minimum Gasteiger partial charge on any atom is -0.477 e. The molecule has 0 aliphatic carbocycles. The van der Waals surface area contributed by atoms with Crippen molar-refractivity contribution in [3.63, 3.8) is 0 Å². The van der Waals surface area contributed by atoms with Crippen LogP contribution < -0.4 is 4.90 Å². The second-order valence-electron chi connectivity index (χ2n) is 6.20. The number of para-hydroxylation sites is 1. The zero-order chi connectivity index (χ0) is 17.6. The van der Waals surface area contributed by atoms with Gasteiger partial charge in [0.05, 0.1) is 22.5 Å². The van der Waals surface area contributed by atoms with Crippen LogP contribution in [0.2, 0.25) is 0 Å². The van der Waals surface area contributed by atoms with Gasteiger partial charge in [-0.1, -0.05) is 18.2 Å². The molecule has 1 fully saturated rings. The van der Waals surface area contributed by atoms with E-state index in [1.165, 1.54) is 6.07 Å². The number of halogens is 1. The number of nitrogens with zero attached hydrogens (tertiary/aromatic N) is 4. The summed E-state index contributed by atoms with van der Waals surface area (Å²) < 4.78 is 15.3. The van der Waals surface area contributed by atoms with Crippen LogP contribution in [0.1, 0.15) is 22.6 Å². The van der Waals surface area contributed by atoms with Crippen molar-refractivity contribution in [2.75, 3.05) is 18.0 Å². The van der Waals surface area contributed by atoms with E-state index in [9.17, 15) is 14.3 Å². The van der Waals surface area contributed by atoms with Gasteiger partial charge in [-0.15, -0.1) is 0 Å². The molecule has 2 aromatic heterocycles. The monoisotopic (exact) mass is 340 g/mol. The molecule has 0 radical (unpaired) electrons. The summed E-state index contributed by atoms with van der Waals surface area (Å²) in [6.07, 6.45) is -0.459. The van der Waals surface area contributed by atoms with Gasteiger partial charge in [0, 0.05) is 13.1 Å². The molecule has 3 aromatic rings. The summed E-state index contributed by atoms with van der Waals surface area (Å²) in [6, 6.07) is 11.0. The highest BCUT2D eigenvalue weighted by Crippen LogP contribution is 2.33. The molecular formula is C18H17FN4O2. The van der Waals surface area contributed by atoms with Gasteiger partial charge in [0.25, 0.3) is 0 Å². The first-order valence-corrected chi connectivity index (χ1v) is 8.12. The number of carboxylic acids is 1. The average molecular weight is 340 g/mol. The quantitative estimate of drug-likeness (QED) is 0.794. The van der Waals surface area contributed by atoms with E-state index in [4.69, 9.17) is 0 Å². The van der Waals surface area contributed by atoms with Crippen LogP contribution in [0.25, 0.3) is 16.7 Å². The van der Waals surface area contributed by atoms with Crippen molar-refractivity contribution in [3.8, 4) is 5.69 Å². The van der Waals surface area contributed by atoms with Gasteiger partial charge < -0.3 is 10.0 Å². The SMILES string of the molecule is Cc1nn(-c2ccccc2)c2nc(C(=O)O)cc(N3CC[C@@H](F)C3)c12. The molecule has 4 rings (SSSR count). The number of hydrogen-bond acceptors (Lipinski definition) is 4. The Morgan fingerprint density at radius 3 is 2.72 bits per heavy atom. The minimum absolute atomic E-state index is 0.0677. The number of rotatable bonds is 3. The molecule has 3 heterocycles. The Bertz CT molecular complexity index is 955. The molecule has 128 valence electrons. The first kappa shape index (κ1) is 15.6. The minimum atomic E-state index is -1.11.